The van der Waals surface area contributed by atoms with Crippen LogP contribution in [0, 0.1) is 5.82 Å². The van der Waals surface area contributed by atoms with Crippen molar-refractivity contribution in [3.63, 3.8) is 0 Å². The fourth-order valence-corrected chi connectivity index (χ4v) is 5.58. The largest absolute Gasteiger partial charge is 0.497 e. The normalized spacial score (nSPS) is 19.2. The third-order valence-corrected chi connectivity index (χ3v) is 7.08. The second kappa shape index (κ2) is 8.92. The van der Waals surface area contributed by atoms with E-state index >= 15 is 0 Å². The van der Waals surface area contributed by atoms with Crippen LogP contribution in [0.15, 0.2) is 42.5 Å². The Morgan fingerprint density at radius 3 is 2.68 bits per heavy atom. The minimum atomic E-state index is -0.443. The Labute approximate surface area is 198 Å². The quantitative estimate of drug-likeness (QED) is 0.519. The number of hydrogen-bond donors (Lipinski definition) is 3. The summed E-state index contributed by atoms with van der Waals surface area (Å²) in [5, 5.41) is 14.4. The SMILES string of the molecule is CCCNC(=O)N1CC2(CN(Cc3ccc(F)cc3)C2)c2c([nH]c3cc(OC)ccc23)[C@H]1CO. The molecule has 0 bridgehead atoms. The smallest absolute Gasteiger partial charge is 0.318 e. The topological polar surface area (TPSA) is 80.8 Å². The van der Waals surface area contributed by atoms with Crippen LogP contribution in [0.5, 0.6) is 5.75 Å². The molecule has 34 heavy (non-hydrogen) atoms. The summed E-state index contributed by atoms with van der Waals surface area (Å²) in [5.41, 5.74) is 3.82. The predicted octanol–water partition coefficient (Wildman–Crippen LogP) is 3.54. The molecule has 0 unspecified atom stereocenters. The fourth-order valence-electron chi connectivity index (χ4n) is 5.58. The van der Waals surface area contributed by atoms with E-state index in [9.17, 15) is 14.3 Å². The van der Waals surface area contributed by atoms with E-state index in [1.807, 2.05) is 31.2 Å². The lowest BCUT2D eigenvalue weighted by atomic mass is 9.68. The monoisotopic (exact) mass is 466 g/mol. The zero-order chi connectivity index (χ0) is 23.9. The van der Waals surface area contributed by atoms with Crippen LogP contribution >= 0.6 is 0 Å². The summed E-state index contributed by atoms with van der Waals surface area (Å²) in [7, 11) is 1.64. The number of aromatic amines is 1. The van der Waals surface area contributed by atoms with Crippen LogP contribution in [0.1, 0.15) is 36.2 Å². The second-order valence-electron chi connectivity index (χ2n) is 9.44. The van der Waals surface area contributed by atoms with E-state index in [2.05, 4.69) is 21.3 Å². The number of carbonyl (C=O) groups excluding carboxylic acids is 1. The first kappa shape index (κ1) is 22.7. The number of likely N-dealkylation sites (tertiary alicyclic amines) is 1. The molecule has 1 fully saturated rings. The highest BCUT2D eigenvalue weighted by atomic mass is 19.1. The molecule has 3 aromatic rings. The molecule has 2 aromatic carbocycles. The number of amides is 2. The summed E-state index contributed by atoms with van der Waals surface area (Å²) < 4.78 is 18.7. The van der Waals surface area contributed by atoms with Gasteiger partial charge in [-0.05, 0) is 41.8 Å². The van der Waals surface area contributed by atoms with Gasteiger partial charge < -0.3 is 25.0 Å². The van der Waals surface area contributed by atoms with Crippen molar-refractivity contribution in [1.82, 2.24) is 20.1 Å². The first-order valence-electron chi connectivity index (χ1n) is 11.8. The van der Waals surface area contributed by atoms with Gasteiger partial charge in [-0.2, -0.15) is 0 Å². The number of aromatic nitrogens is 1. The van der Waals surface area contributed by atoms with Crippen LogP contribution in [-0.2, 0) is 12.0 Å². The number of H-pyrrole nitrogens is 1. The number of hydrogen-bond acceptors (Lipinski definition) is 4. The Kier molecular flexibility index (Phi) is 5.95. The number of rotatable bonds is 6. The molecule has 1 saturated heterocycles. The van der Waals surface area contributed by atoms with E-state index in [1.165, 1.54) is 17.7 Å². The number of methoxy groups -OCH3 is 1. The van der Waals surface area contributed by atoms with Gasteiger partial charge in [-0.1, -0.05) is 19.1 Å². The van der Waals surface area contributed by atoms with Crippen LogP contribution in [0.25, 0.3) is 10.9 Å². The number of carbonyl (C=O) groups is 1. The summed E-state index contributed by atoms with van der Waals surface area (Å²) in [6.07, 6.45) is 0.845. The molecule has 3 N–H and O–H groups in total. The van der Waals surface area contributed by atoms with Crippen LogP contribution in [-0.4, -0.2) is 65.8 Å². The molecule has 2 aliphatic rings. The van der Waals surface area contributed by atoms with Gasteiger partial charge in [0, 0.05) is 60.8 Å². The number of urea groups is 1. The number of ether oxygens (including phenoxy) is 1. The van der Waals surface area contributed by atoms with Gasteiger partial charge in [-0.25, -0.2) is 9.18 Å². The Morgan fingerprint density at radius 2 is 2.00 bits per heavy atom. The lowest BCUT2D eigenvalue weighted by Gasteiger charge is -2.56. The first-order chi connectivity index (χ1) is 16.5. The number of aliphatic hydroxyl groups excluding tert-OH is 1. The molecular formula is C26H31FN4O3. The maximum absolute atomic E-state index is 13.3. The third kappa shape index (κ3) is 3.80. The van der Waals surface area contributed by atoms with Gasteiger partial charge in [0.25, 0.3) is 0 Å². The molecule has 7 nitrogen and oxygen atoms in total. The number of aliphatic hydroxyl groups is 1. The second-order valence-corrected chi connectivity index (χ2v) is 9.44. The van der Waals surface area contributed by atoms with Crippen molar-refractivity contribution in [2.24, 2.45) is 0 Å². The molecule has 0 aliphatic carbocycles. The van der Waals surface area contributed by atoms with Crippen LogP contribution in [0.2, 0.25) is 0 Å². The van der Waals surface area contributed by atoms with Gasteiger partial charge in [0.15, 0.2) is 0 Å². The summed E-state index contributed by atoms with van der Waals surface area (Å²) in [4.78, 5) is 20.7. The van der Waals surface area contributed by atoms with E-state index in [4.69, 9.17) is 4.74 Å². The molecule has 3 heterocycles. The van der Waals surface area contributed by atoms with Gasteiger partial charge >= 0.3 is 6.03 Å². The Morgan fingerprint density at radius 1 is 1.24 bits per heavy atom. The van der Waals surface area contributed by atoms with Crippen molar-refractivity contribution in [3.8, 4) is 5.75 Å². The van der Waals surface area contributed by atoms with Crippen molar-refractivity contribution in [2.75, 3.05) is 39.9 Å². The highest BCUT2D eigenvalue weighted by Gasteiger charge is 2.53. The number of nitrogens with zero attached hydrogens (tertiary/aromatic N) is 2. The molecule has 0 saturated carbocycles. The van der Waals surface area contributed by atoms with Gasteiger partial charge in [0.2, 0.25) is 0 Å². The van der Waals surface area contributed by atoms with Crippen molar-refractivity contribution in [2.45, 2.75) is 31.3 Å². The zero-order valence-corrected chi connectivity index (χ0v) is 19.6. The fraction of sp³-hybridized carbons (Fsp3) is 0.423. The molecule has 2 aliphatic heterocycles. The van der Waals surface area contributed by atoms with Gasteiger partial charge in [-0.15, -0.1) is 0 Å². The summed E-state index contributed by atoms with van der Waals surface area (Å²) in [6.45, 7) is 5.24. The molecule has 8 heteroatoms. The molecule has 1 spiro atoms. The molecule has 1 aromatic heterocycles. The van der Waals surface area contributed by atoms with Crippen molar-refractivity contribution >= 4 is 16.9 Å². The number of benzene rings is 2. The van der Waals surface area contributed by atoms with E-state index in [0.717, 1.165) is 54.0 Å². The van der Waals surface area contributed by atoms with E-state index in [0.29, 0.717) is 13.1 Å². The molecule has 5 rings (SSSR count). The highest BCUT2D eigenvalue weighted by Crippen LogP contribution is 2.48. The van der Waals surface area contributed by atoms with Gasteiger partial charge in [-0.3, -0.25) is 4.90 Å². The van der Waals surface area contributed by atoms with Crippen LogP contribution < -0.4 is 10.1 Å². The minimum absolute atomic E-state index is 0.154. The molecule has 0 radical (unpaired) electrons. The van der Waals surface area contributed by atoms with E-state index < -0.39 is 6.04 Å². The predicted molar refractivity (Wildman–Crippen MR) is 128 cm³/mol. The Bertz CT molecular complexity index is 1190. The van der Waals surface area contributed by atoms with E-state index in [-0.39, 0.29) is 23.9 Å². The summed E-state index contributed by atoms with van der Waals surface area (Å²) in [5.74, 6) is 0.517. The zero-order valence-electron chi connectivity index (χ0n) is 19.6. The molecule has 1 atom stereocenters. The van der Waals surface area contributed by atoms with E-state index in [1.54, 1.807) is 12.0 Å². The molecule has 180 valence electrons. The summed E-state index contributed by atoms with van der Waals surface area (Å²) in [6, 6.07) is 12.0. The van der Waals surface area contributed by atoms with Crippen LogP contribution in [0.4, 0.5) is 9.18 Å². The number of fused-ring (bicyclic) bond motifs is 4. The number of halogens is 1. The lowest BCUT2D eigenvalue weighted by Crippen LogP contribution is -2.67. The molecular weight excluding hydrogens is 435 g/mol. The minimum Gasteiger partial charge on any atom is -0.497 e. The lowest BCUT2D eigenvalue weighted by molar-refractivity contribution is 0.00643. The van der Waals surface area contributed by atoms with Crippen LogP contribution in [0.3, 0.4) is 0 Å². The first-order valence-corrected chi connectivity index (χ1v) is 11.8. The van der Waals surface area contributed by atoms with Gasteiger partial charge in [0.1, 0.15) is 11.6 Å². The standard InChI is InChI=1S/C26H31FN4O3/c1-3-10-28-25(33)31-16-26(14-30(15-26)12-17-4-6-18(27)7-5-17)23-20-9-8-19(34-2)11-21(20)29-24(23)22(31)13-32/h4-9,11,22,29,32H,3,10,12-16H2,1-2H3,(H,28,33)/t22-/m1/s1. The third-order valence-electron chi connectivity index (χ3n) is 7.08. The summed E-state index contributed by atoms with van der Waals surface area (Å²) >= 11 is 0. The average molecular weight is 467 g/mol. The Balaban J connectivity index is 1.51. The van der Waals surface area contributed by atoms with Crippen molar-refractivity contribution < 1.29 is 19.0 Å². The average Bonchev–Trinajstić information content (AvgIpc) is 3.21. The maximum Gasteiger partial charge on any atom is 0.318 e. The Hall–Kier alpha value is -3.10. The number of nitrogens with one attached hydrogen (secondary N) is 2. The van der Waals surface area contributed by atoms with Crippen molar-refractivity contribution in [3.05, 3.63) is 65.1 Å². The van der Waals surface area contributed by atoms with Crippen molar-refractivity contribution in [1.29, 1.82) is 0 Å². The highest BCUT2D eigenvalue weighted by molar-refractivity contribution is 5.89. The molecule has 2 amide bonds. The van der Waals surface area contributed by atoms with Gasteiger partial charge in [0.05, 0.1) is 19.8 Å². The maximum atomic E-state index is 13.3.